The normalized spacial score (nSPS) is 15.3. The number of thioether (sulfide) groups is 1. The van der Waals surface area contributed by atoms with Gasteiger partial charge in [0.25, 0.3) is 0 Å². The summed E-state index contributed by atoms with van der Waals surface area (Å²) in [4.78, 5) is 3.80. The second-order valence-corrected chi connectivity index (χ2v) is 9.23. The van der Waals surface area contributed by atoms with E-state index in [1.165, 1.54) is 34.4 Å². The number of likely N-dealkylation sites (tertiary alicyclic amines) is 1. The molecule has 4 heteroatoms. The van der Waals surface area contributed by atoms with Crippen LogP contribution in [0.2, 0.25) is 5.02 Å². The Balaban J connectivity index is 1.23. The predicted molar refractivity (Wildman–Crippen MR) is 129 cm³/mol. The Morgan fingerprint density at radius 2 is 1.60 bits per heavy atom. The minimum absolute atomic E-state index is 0.624. The van der Waals surface area contributed by atoms with Gasteiger partial charge in [0.15, 0.2) is 0 Å². The summed E-state index contributed by atoms with van der Waals surface area (Å²) >= 11 is 7.87. The van der Waals surface area contributed by atoms with Crippen molar-refractivity contribution in [3.63, 3.8) is 0 Å². The number of piperidine rings is 1. The molecule has 0 amide bonds. The molecular weight excluding hydrogens is 410 g/mol. The molecule has 4 rings (SSSR count). The summed E-state index contributed by atoms with van der Waals surface area (Å²) in [7, 11) is 0. The molecule has 0 unspecified atom stereocenters. The van der Waals surface area contributed by atoms with Gasteiger partial charge in [0.05, 0.1) is 6.61 Å². The minimum atomic E-state index is 0.624. The Morgan fingerprint density at radius 1 is 0.933 bits per heavy atom. The highest BCUT2D eigenvalue weighted by atomic mass is 35.5. The molecule has 0 radical (unpaired) electrons. The first kappa shape index (κ1) is 21.3. The molecule has 1 heterocycles. The van der Waals surface area contributed by atoms with E-state index in [9.17, 15) is 0 Å². The molecule has 0 spiro atoms. The van der Waals surface area contributed by atoms with E-state index in [0.717, 1.165) is 37.0 Å². The van der Waals surface area contributed by atoms with Gasteiger partial charge in [-0.15, -0.1) is 11.8 Å². The molecule has 1 fully saturated rings. The third kappa shape index (κ3) is 5.81. The lowest BCUT2D eigenvalue weighted by Crippen LogP contribution is -2.35. The van der Waals surface area contributed by atoms with Crippen LogP contribution in [0.4, 0.5) is 0 Å². The first-order valence-corrected chi connectivity index (χ1v) is 12.1. The number of hydrogen-bond acceptors (Lipinski definition) is 3. The van der Waals surface area contributed by atoms with Crippen molar-refractivity contribution in [3.8, 4) is 16.9 Å². The number of ether oxygens (including phenoxy) is 1. The fraction of sp³-hybridized carbons (Fsp3) is 0.308. The van der Waals surface area contributed by atoms with Gasteiger partial charge in [-0.3, -0.25) is 4.90 Å². The third-order valence-electron chi connectivity index (χ3n) is 5.77. The molecule has 3 aromatic rings. The summed E-state index contributed by atoms with van der Waals surface area (Å²) in [5.41, 5.74) is 3.76. The summed E-state index contributed by atoms with van der Waals surface area (Å²) in [5, 5.41) is 0.818. The fourth-order valence-corrected chi connectivity index (χ4v) is 4.57. The Morgan fingerprint density at radius 3 is 2.23 bits per heavy atom. The number of nitrogens with zero attached hydrogens (tertiary/aromatic N) is 1. The van der Waals surface area contributed by atoms with Crippen molar-refractivity contribution in [1.82, 2.24) is 4.90 Å². The van der Waals surface area contributed by atoms with E-state index in [2.05, 4.69) is 71.8 Å². The van der Waals surface area contributed by atoms with Gasteiger partial charge in [-0.2, -0.15) is 0 Å². The first-order chi connectivity index (χ1) is 14.7. The van der Waals surface area contributed by atoms with Crippen LogP contribution in [-0.4, -0.2) is 30.9 Å². The monoisotopic (exact) mass is 437 g/mol. The molecule has 0 aliphatic carbocycles. The molecule has 1 saturated heterocycles. The van der Waals surface area contributed by atoms with E-state index < -0.39 is 0 Å². The van der Waals surface area contributed by atoms with E-state index in [1.807, 2.05) is 12.1 Å². The summed E-state index contributed by atoms with van der Waals surface area (Å²) in [6.45, 7) is 4.01. The maximum absolute atomic E-state index is 6.11. The highest BCUT2D eigenvalue weighted by molar-refractivity contribution is 7.98. The highest BCUT2D eigenvalue weighted by Crippen LogP contribution is 2.26. The van der Waals surface area contributed by atoms with Crippen LogP contribution in [0.3, 0.4) is 0 Å². The Bertz CT molecular complexity index is 934. The zero-order valence-electron chi connectivity index (χ0n) is 17.4. The second-order valence-electron chi connectivity index (χ2n) is 7.91. The molecule has 30 heavy (non-hydrogen) atoms. The van der Waals surface area contributed by atoms with Crippen molar-refractivity contribution < 1.29 is 4.74 Å². The fourth-order valence-electron chi connectivity index (χ4n) is 3.95. The SMILES string of the molecule is CSc1ccc(-c2ccc(OCC3CCN(Cc4cccc(Cl)c4)CC3)cc2)cc1. The molecule has 0 saturated carbocycles. The van der Waals surface area contributed by atoms with Crippen LogP contribution in [0.1, 0.15) is 18.4 Å². The summed E-state index contributed by atoms with van der Waals surface area (Å²) in [6.07, 6.45) is 4.46. The lowest BCUT2D eigenvalue weighted by Gasteiger charge is -2.31. The molecule has 0 atom stereocenters. The number of halogens is 1. The maximum atomic E-state index is 6.11. The smallest absolute Gasteiger partial charge is 0.119 e. The Hall–Kier alpha value is -1.94. The average Bonchev–Trinajstić information content (AvgIpc) is 2.79. The maximum Gasteiger partial charge on any atom is 0.119 e. The minimum Gasteiger partial charge on any atom is -0.493 e. The molecule has 0 aromatic heterocycles. The van der Waals surface area contributed by atoms with Gasteiger partial charge in [0.1, 0.15) is 5.75 Å². The zero-order valence-corrected chi connectivity index (χ0v) is 19.0. The van der Waals surface area contributed by atoms with Gasteiger partial charge in [0, 0.05) is 16.5 Å². The quantitative estimate of drug-likeness (QED) is 0.368. The van der Waals surface area contributed by atoms with Gasteiger partial charge >= 0.3 is 0 Å². The molecular formula is C26H28ClNOS. The third-order valence-corrected chi connectivity index (χ3v) is 6.74. The van der Waals surface area contributed by atoms with Crippen LogP contribution < -0.4 is 4.74 Å². The number of rotatable bonds is 7. The van der Waals surface area contributed by atoms with Gasteiger partial charge < -0.3 is 4.74 Å². The van der Waals surface area contributed by atoms with Crippen molar-refractivity contribution >= 4 is 23.4 Å². The van der Waals surface area contributed by atoms with Gasteiger partial charge in [0.2, 0.25) is 0 Å². The summed E-state index contributed by atoms with van der Waals surface area (Å²) < 4.78 is 6.10. The van der Waals surface area contributed by atoms with Gasteiger partial charge in [-0.05, 0) is 91.2 Å². The highest BCUT2D eigenvalue weighted by Gasteiger charge is 2.20. The van der Waals surface area contributed by atoms with Gasteiger partial charge in [-0.25, -0.2) is 0 Å². The lowest BCUT2D eigenvalue weighted by atomic mass is 9.97. The zero-order chi connectivity index (χ0) is 20.8. The Kier molecular flexibility index (Phi) is 7.37. The molecule has 156 valence electrons. The molecule has 1 aliphatic heterocycles. The van der Waals surface area contributed by atoms with E-state index in [4.69, 9.17) is 16.3 Å². The largest absolute Gasteiger partial charge is 0.493 e. The van der Waals surface area contributed by atoms with E-state index in [1.54, 1.807) is 11.8 Å². The van der Waals surface area contributed by atoms with Crippen LogP contribution in [0.25, 0.3) is 11.1 Å². The molecule has 0 N–H and O–H groups in total. The van der Waals surface area contributed by atoms with Gasteiger partial charge in [-0.1, -0.05) is 48.0 Å². The molecule has 1 aliphatic rings. The van der Waals surface area contributed by atoms with Crippen LogP contribution >= 0.6 is 23.4 Å². The van der Waals surface area contributed by atoms with E-state index >= 15 is 0 Å². The van der Waals surface area contributed by atoms with E-state index in [0.29, 0.717) is 5.92 Å². The van der Waals surface area contributed by atoms with Crippen molar-refractivity contribution in [2.45, 2.75) is 24.3 Å². The van der Waals surface area contributed by atoms with Crippen LogP contribution in [0.5, 0.6) is 5.75 Å². The lowest BCUT2D eigenvalue weighted by molar-refractivity contribution is 0.137. The molecule has 3 aromatic carbocycles. The van der Waals surface area contributed by atoms with Crippen molar-refractivity contribution in [2.24, 2.45) is 5.92 Å². The Labute approximate surface area is 189 Å². The van der Waals surface area contributed by atoms with Crippen LogP contribution in [0.15, 0.2) is 77.7 Å². The van der Waals surface area contributed by atoms with Crippen molar-refractivity contribution in [1.29, 1.82) is 0 Å². The number of benzene rings is 3. The van der Waals surface area contributed by atoms with Crippen molar-refractivity contribution in [2.75, 3.05) is 26.0 Å². The van der Waals surface area contributed by atoms with Crippen LogP contribution in [-0.2, 0) is 6.54 Å². The standard InChI is InChI=1S/C26H28ClNOS/c1-30-26-11-7-23(8-12-26)22-5-9-25(10-6-22)29-19-20-13-15-28(16-14-20)18-21-3-2-4-24(27)17-21/h2-12,17,20H,13-16,18-19H2,1H3. The number of hydrogen-bond donors (Lipinski definition) is 0. The molecule has 2 nitrogen and oxygen atoms in total. The van der Waals surface area contributed by atoms with Crippen molar-refractivity contribution in [3.05, 3.63) is 83.4 Å². The van der Waals surface area contributed by atoms with E-state index in [-0.39, 0.29) is 0 Å². The second kappa shape index (κ2) is 10.4. The summed E-state index contributed by atoms with van der Waals surface area (Å²) in [5.74, 6) is 1.58. The average molecular weight is 438 g/mol. The summed E-state index contributed by atoms with van der Waals surface area (Å²) in [6, 6.07) is 25.4. The van der Waals surface area contributed by atoms with Crippen LogP contribution in [0, 0.1) is 5.92 Å². The first-order valence-electron chi connectivity index (χ1n) is 10.5. The molecule has 0 bridgehead atoms. The predicted octanol–water partition coefficient (Wildman–Crippen LogP) is 7.02. The topological polar surface area (TPSA) is 12.5 Å².